The molecular weight excluding hydrogens is 335 g/mol. The Kier molecular flexibility index (Phi) is 4.35. The van der Waals surface area contributed by atoms with Crippen molar-refractivity contribution in [1.82, 2.24) is 20.1 Å². The summed E-state index contributed by atoms with van der Waals surface area (Å²) < 4.78 is 20.7. The van der Waals surface area contributed by atoms with E-state index in [-0.39, 0.29) is 22.7 Å². The molecule has 0 radical (unpaired) electrons. The minimum atomic E-state index is -0.476. The molecule has 3 aromatic rings. The maximum atomic E-state index is 13.8. The van der Waals surface area contributed by atoms with Crippen LogP contribution in [-0.4, -0.2) is 27.8 Å². The van der Waals surface area contributed by atoms with E-state index >= 15 is 0 Å². The molecule has 1 aromatic carbocycles. The minimum Gasteiger partial charge on any atom is -0.495 e. The van der Waals surface area contributed by atoms with Crippen LogP contribution in [-0.2, 0) is 13.6 Å². The lowest BCUT2D eigenvalue weighted by molar-refractivity contribution is 0.0947. The number of carbonyl (C=O) groups is 1. The second-order valence-corrected chi connectivity index (χ2v) is 5.50. The topological polar surface area (TPSA) is 69.0 Å². The maximum absolute atomic E-state index is 13.8. The fourth-order valence-electron chi connectivity index (χ4n) is 2.42. The third kappa shape index (κ3) is 2.78. The number of hydrogen-bond donors (Lipinski definition) is 1. The van der Waals surface area contributed by atoms with E-state index in [0.29, 0.717) is 16.8 Å². The summed E-state index contributed by atoms with van der Waals surface area (Å²) in [5.41, 5.74) is 1.06. The van der Waals surface area contributed by atoms with E-state index in [1.54, 1.807) is 24.0 Å². The molecule has 6 nitrogen and oxygen atoms in total. The van der Waals surface area contributed by atoms with Crippen LogP contribution in [0.15, 0.2) is 30.6 Å². The van der Waals surface area contributed by atoms with Gasteiger partial charge in [0, 0.05) is 30.4 Å². The second-order valence-electron chi connectivity index (χ2n) is 5.09. The Hall–Kier alpha value is -2.67. The van der Waals surface area contributed by atoms with Gasteiger partial charge in [0.2, 0.25) is 0 Å². The quantitative estimate of drug-likeness (QED) is 0.787. The van der Waals surface area contributed by atoms with Crippen LogP contribution in [0.3, 0.4) is 0 Å². The van der Waals surface area contributed by atoms with E-state index < -0.39 is 11.7 Å². The zero-order valence-electron chi connectivity index (χ0n) is 13.0. The first-order valence-corrected chi connectivity index (χ1v) is 7.46. The number of aryl methyl sites for hydroxylation is 1. The Morgan fingerprint density at radius 1 is 1.42 bits per heavy atom. The first-order chi connectivity index (χ1) is 11.5. The molecule has 0 bridgehead atoms. The van der Waals surface area contributed by atoms with Crippen LogP contribution in [0, 0.1) is 5.82 Å². The van der Waals surface area contributed by atoms with Crippen LogP contribution >= 0.6 is 11.6 Å². The number of fused-ring (bicyclic) bond motifs is 1. The highest BCUT2D eigenvalue weighted by molar-refractivity contribution is 6.31. The van der Waals surface area contributed by atoms with Crippen molar-refractivity contribution in [1.29, 1.82) is 0 Å². The molecule has 0 fully saturated rings. The summed E-state index contributed by atoms with van der Waals surface area (Å²) in [4.78, 5) is 16.7. The number of ether oxygens (including phenoxy) is 1. The SMILES string of the molecule is COc1c(C(=O)NCc2c(F)cccc2Cl)cnc2c1cnn2C. The Balaban J connectivity index is 1.89. The van der Waals surface area contributed by atoms with Crippen molar-refractivity contribution < 1.29 is 13.9 Å². The predicted octanol–water partition coefficient (Wildman–Crippen LogP) is 2.70. The van der Waals surface area contributed by atoms with E-state index in [2.05, 4.69) is 15.4 Å². The zero-order valence-corrected chi connectivity index (χ0v) is 13.8. The third-order valence-corrected chi connectivity index (χ3v) is 4.00. The molecule has 3 rings (SSSR count). The number of carbonyl (C=O) groups excluding carboxylic acids is 1. The van der Waals surface area contributed by atoms with Crippen LogP contribution in [0.4, 0.5) is 4.39 Å². The zero-order chi connectivity index (χ0) is 17.3. The van der Waals surface area contributed by atoms with Crippen LogP contribution in [0.5, 0.6) is 5.75 Å². The van der Waals surface area contributed by atoms with Gasteiger partial charge in [-0.25, -0.2) is 9.37 Å². The molecule has 0 aliphatic heterocycles. The van der Waals surface area contributed by atoms with E-state index in [1.165, 1.54) is 25.4 Å². The number of halogens is 2. The van der Waals surface area contributed by atoms with Crippen molar-refractivity contribution in [3.8, 4) is 5.75 Å². The predicted molar refractivity (Wildman–Crippen MR) is 87.6 cm³/mol. The van der Waals surface area contributed by atoms with Gasteiger partial charge in [0.05, 0.1) is 18.7 Å². The molecule has 0 aliphatic carbocycles. The first kappa shape index (κ1) is 16.2. The van der Waals surface area contributed by atoms with E-state index in [4.69, 9.17) is 16.3 Å². The van der Waals surface area contributed by atoms with Crippen molar-refractivity contribution in [2.45, 2.75) is 6.54 Å². The molecule has 2 heterocycles. The number of methoxy groups -OCH3 is 1. The lowest BCUT2D eigenvalue weighted by atomic mass is 10.1. The first-order valence-electron chi connectivity index (χ1n) is 7.08. The number of rotatable bonds is 4. The number of nitrogens with zero attached hydrogens (tertiary/aromatic N) is 3. The highest BCUT2D eigenvalue weighted by Gasteiger charge is 2.19. The highest BCUT2D eigenvalue weighted by Crippen LogP contribution is 2.27. The molecule has 0 saturated carbocycles. The van der Waals surface area contributed by atoms with Crippen molar-refractivity contribution in [3.63, 3.8) is 0 Å². The average Bonchev–Trinajstić information content (AvgIpc) is 2.94. The molecule has 1 N–H and O–H groups in total. The van der Waals surface area contributed by atoms with Crippen LogP contribution in [0.1, 0.15) is 15.9 Å². The molecule has 1 amide bonds. The normalized spacial score (nSPS) is 10.8. The fourth-order valence-corrected chi connectivity index (χ4v) is 2.65. The highest BCUT2D eigenvalue weighted by atomic mass is 35.5. The van der Waals surface area contributed by atoms with Gasteiger partial charge in [-0.05, 0) is 12.1 Å². The van der Waals surface area contributed by atoms with Gasteiger partial charge in [-0.3, -0.25) is 9.48 Å². The van der Waals surface area contributed by atoms with Crippen LogP contribution < -0.4 is 10.1 Å². The van der Waals surface area contributed by atoms with E-state index in [0.717, 1.165) is 0 Å². The van der Waals surface area contributed by atoms with Crippen molar-refractivity contribution in [3.05, 3.63) is 52.6 Å². The average molecular weight is 349 g/mol. The molecule has 0 aliphatic rings. The van der Waals surface area contributed by atoms with E-state index in [9.17, 15) is 9.18 Å². The maximum Gasteiger partial charge on any atom is 0.256 e. The molecule has 2 aromatic heterocycles. The molecule has 24 heavy (non-hydrogen) atoms. The van der Waals surface area contributed by atoms with Gasteiger partial charge in [0.15, 0.2) is 5.65 Å². The number of nitrogens with one attached hydrogen (secondary N) is 1. The van der Waals surface area contributed by atoms with Gasteiger partial charge >= 0.3 is 0 Å². The Labute approximate surface area is 142 Å². The van der Waals surface area contributed by atoms with Crippen molar-refractivity contribution in [2.24, 2.45) is 7.05 Å². The fraction of sp³-hybridized carbons (Fsp3) is 0.188. The molecule has 124 valence electrons. The second kappa shape index (κ2) is 6.45. The summed E-state index contributed by atoms with van der Waals surface area (Å²) in [5, 5.41) is 7.60. The summed E-state index contributed by atoms with van der Waals surface area (Å²) in [6.45, 7) is -0.0431. The Bertz CT molecular complexity index is 906. The van der Waals surface area contributed by atoms with Gasteiger partial charge < -0.3 is 10.1 Å². The molecule has 8 heteroatoms. The van der Waals surface area contributed by atoms with Gasteiger partial charge in [0.25, 0.3) is 5.91 Å². The van der Waals surface area contributed by atoms with Crippen LogP contribution in [0.2, 0.25) is 5.02 Å². The van der Waals surface area contributed by atoms with Crippen molar-refractivity contribution >= 4 is 28.5 Å². The van der Waals surface area contributed by atoms with Gasteiger partial charge in [0.1, 0.15) is 17.1 Å². The number of amides is 1. The monoisotopic (exact) mass is 348 g/mol. The number of benzene rings is 1. The molecule has 0 spiro atoms. The van der Waals surface area contributed by atoms with Gasteiger partial charge in [-0.15, -0.1) is 0 Å². The molecule has 0 atom stereocenters. The lowest BCUT2D eigenvalue weighted by Crippen LogP contribution is -2.24. The Morgan fingerprint density at radius 2 is 2.21 bits per heavy atom. The summed E-state index contributed by atoms with van der Waals surface area (Å²) in [7, 11) is 3.21. The standard InChI is InChI=1S/C16H14ClFN4O2/c1-22-15-10(8-21-22)14(24-2)11(7-19-15)16(23)20-6-9-12(17)4-3-5-13(9)18/h3-5,7-8H,6H2,1-2H3,(H,20,23). The van der Waals surface area contributed by atoms with Gasteiger partial charge in [-0.2, -0.15) is 5.10 Å². The number of hydrogen-bond acceptors (Lipinski definition) is 4. The molecule has 0 unspecified atom stereocenters. The summed E-state index contributed by atoms with van der Waals surface area (Å²) in [6, 6.07) is 4.36. The Morgan fingerprint density at radius 3 is 2.92 bits per heavy atom. The molecular formula is C16H14ClFN4O2. The van der Waals surface area contributed by atoms with Crippen molar-refractivity contribution in [2.75, 3.05) is 7.11 Å². The smallest absolute Gasteiger partial charge is 0.256 e. The summed E-state index contributed by atoms with van der Waals surface area (Å²) in [6.07, 6.45) is 2.98. The van der Waals surface area contributed by atoms with Gasteiger partial charge in [-0.1, -0.05) is 17.7 Å². The van der Waals surface area contributed by atoms with Crippen LogP contribution in [0.25, 0.3) is 11.0 Å². The summed E-state index contributed by atoms with van der Waals surface area (Å²) >= 11 is 5.96. The summed E-state index contributed by atoms with van der Waals surface area (Å²) in [5.74, 6) is -0.551. The third-order valence-electron chi connectivity index (χ3n) is 3.65. The number of pyridine rings is 1. The molecule has 0 saturated heterocycles. The number of aromatic nitrogens is 3. The lowest BCUT2D eigenvalue weighted by Gasteiger charge is -2.11. The minimum absolute atomic E-state index is 0.0431. The largest absolute Gasteiger partial charge is 0.495 e. The van der Waals surface area contributed by atoms with E-state index in [1.807, 2.05) is 0 Å².